The quantitative estimate of drug-likeness (QED) is 0.636. The van der Waals surface area contributed by atoms with Crippen molar-refractivity contribution in [1.29, 1.82) is 0 Å². The third-order valence-corrected chi connectivity index (χ3v) is 5.30. The molecular weight excluding hydrogens is 296 g/mol. The molecule has 2 heteroatoms. The molecule has 0 saturated heterocycles. The second-order valence-electron chi connectivity index (χ2n) is 5.98. The summed E-state index contributed by atoms with van der Waals surface area (Å²) in [5, 5.41) is -0.559. The molecule has 1 aliphatic rings. The lowest BCUT2D eigenvalue weighted by Crippen LogP contribution is -2.44. The Morgan fingerprint density at radius 1 is 0.783 bits per heavy atom. The van der Waals surface area contributed by atoms with Crippen molar-refractivity contribution in [2.45, 2.75) is 17.6 Å². The first-order valence-corrected chi connectivity index (χ1v) is 8.40. The van der Waals surface area contributed by atoms with Gasteiger partial charge in [-0.15, -0.1) is 0 Å². The number of benzene rings is 3. The van der Waals surface area contributed by atoms with Crippen LogP contribution in [0.4, 0.5) is 0 Å². The van der Waals surface area contributed by atoms with Crippen LogP contribution in [0.25, 0.3) is 0 Å². The number of hydrogen-bond acceptors (Lipinski definition) is 1. The van der Waals surface area contributed by atoms with E-state index in [0.29, 0.717) is 0 Å². The molecule has 3 radical (unpaired) electrons. The zero-order chi connectivity index (χ0) is 15.7. The van der Waals surface area contributed by atoms with Crippen LogP contribution in [-0.4, -0.2) is 10.2 Å². The van der Waals surface area contributed by atoms with Crippen LogP contribution < -0.4 is 4.74 Å². The fourth-order valence-electron chi connectivity index (χ4n) is 3.36. The summed E-state index contributed by atoms with van der Waals surface area (Å²) in [5.41, 5.74) is 3.67. The van der Waals surface area contributed by atoms with E-state index in [1.165, 1.54) is 11.1 Å². The van der Waals surface area contributed by atoms with Crippen molar-refractivity contribution in [3.63, 3.8) is 0 Å². The van der Waals surface area contributed by atoms with E-state index < -0.39 is 5.22 Å². The van der Waals surface area contributed by atoms with Crippen LogP contribution in [0.15, 0.2) is 84.9 Å². The molecule has 0 N–H and O–H groups in total. The van der Waals surface area contributed by atoms with Crippen LogP contribution in [-0.2, 0) is 11.6 Å². The minimum absolute atomic E-state index is 0.206. The molecule has 0 aliphatic carbocycles. The minimum Gasteiger partial charge on any atom is -0.486 e. The maximum atomic E-state index is 6.49. The van der Waals surface area contributed by atoms with Crippen LogP contribution in [0, 0.1) is 0 Å². The molecule has 0 saturated carbocycles. The van der Waals surface area contributed by atoms with Crippen molar-refractivity contribution >= 4 is 10.2 Å². The lowest BCUT2D eigenvalue weighted by molar-refractivity contribution is 0.105. The van der Waals surface area contributed by atoms with E-state index in [0.717, 1.165) is 17.7 Å². The maximum absolute atomic E-state index is 6.49. The molecule has 4 rings (SSSR count). The van der Waals surface area contributed by atoms with Crippen molar-refractivity contribution in [2.75, 3.05) is 0 Å². The summed E-state index contributed by atoms with van der Waals surface area (Å²) >= 11 is 0. The van der Waals surface area contributed by atoms with Gasteiger partial charge in [0.05, 0.1) is 10.2 Å². The van der Waals surface area contributed by atoms with E-state index in [4.69, 9.17) is 4.74 Å². The molecule has 0 bridgehead atoms. The second-order valence-corrected chi connectivity index (χ2v) is 6.72. The van der Waals surface area contributed by atoms with Gasteiger partial charge >= 0.3 is 0 Å². The van der Waals surface area contributed by atoms with E-state index in [1.54, 1.807) is 0 Å². The molecule has 1 heterocycles. The minimum atomic E-state index is -0.559. The Hall–Kier alpha value is -2.32. The normalized spacial score (nSPS) is 22.9. The van der Waals surface area contributed by atoms with Crippen LogP contribution in [0.2, 0.25) is 0 Å². The highest BCUT2D eigenvalue weighted by Crippen LogP contribution is 2.46. The largest absolute Gasteiger partial charge is 0.486 e. The summed E-state index contributed by atoms with van der Waals surface area (Å²) < 4.78 is 6.49. The predicted octanol–water partition coefficient (Wildman–Crippen LogP) is 4.43. The van der Waals surface area contributed by atoms with Gasteiger partial charge in [0, 0.05) is 5.92 Å². The molecule has 1 nitrogen and oxygen atoms in total. The summed E-state index contributed by atoms with van der Waals surface area (Å²) in [6, 6.07) is 29.3. The Morgan fingerprint density at radius 3 is 2.13 bits per heavy atom. The standard InChI is InChI=1S/C21H17OSi/c23-21(18-12-5-2-6-13-18)19(16-9-3-1-4-10-16)15-17-11-7-8-14-20(17)22-21/h1-14,19H,15H2. The van der Waals surface area contributed by atoms with Gasteiger partial charge in [0.1, 0.15) is 11.0 Å². The summed E-state index contributed by atoms with van der Waals surface area (Å²) in [4.78, 5) is 0. The molecule has 0 amide bonds. The van der Waals surface area contributed by atoms with Gasteiger partial charge in [0.25, 0.3) is 0 Å². The number of rotatable bonds is 2. The van der Waals surface area contributed by atoms with E-state index in [9.17, 15) is 0 Å². The molecule has 111 valence electrons. The smallest absolute Gasteiger partial charge is 0.123 e. The van der Waals surface area contributed by atoms with E-state index in [2.05, 4.69) is 77.0 Å². The monoisotopic (exact) mass is 313 g/mol. The van der Waals surface area contributed by atoms with Gasteiger partial charge < -0.3 is 4.74 Å². The number of hydrogen-bond donors (Lipinski definition) is 0. The number of para-hydroxylation sites is 1. The molecular formula is C21H17OSi. The van der Waals surface area contributed by atoms with E-state index in [1.807, 2.05) is 18.2 Å². The summed E-state index contributed by atoms with van der Waals surface area (Å²) in [7, 11) is 4.02. The van der Waals surface area contributed by atoms with Crippen LogP contribution in [0.5, 0.6) is 5.75 Å². The molecule has 0 aromatic heterocycles. The predicted molar refractivity (Wildman–Crippen MR) is 93.8 cm³/mol. The van der Waals surface area contributed by atoms with Gasteiger partial charge in [-0.25, -0.2) is 0 Å². The van der Waals surface area contributed by atoms with Crippen molar-refractivity contribution in [1.82, 2.24) is 0 Å². The first-order chi connectivity index (χ1) is 11.3. The Kier molecular flexibility index (Phi) is 3.54. The lowest BCUT2D eigenvalue weighted by Gasteiger charge is -2.43. The van der Waals surface area contributed by atoms with Crippen molar-refractivity contribution in [2.24, 2.45) is 0 Å². The van der Waals surface area contributed by atoms with Crippen LogP contribution >= 0.6 is 0 Å². The van der Waals surface area contributed by atoms with Gasteiger partial charge in [-0.3, -0.25) is 0 Å². The third kappa shape index (κ3) is 2.49. The van der Waals surface area contributed by atoms with Crippen LogP contribution in [0.3, 0.4) is 0 Å². The zero-order valence-electron chi connectivity index (χ0n) is 12.8. The number of ether oxygens (including phenoxy) is 1. The summed E-state index contributed by atoms with van der Waals surface area (Å²) in [5.74, 6) is 1.16. The average molecular weight is 313 g/mol. The Balaban J connectivity index is 1.87. The Morgan fingerprint density at radius 2 is 1.39 bits per heavy atom. The topological polar surface area (TPSA) is 9.23 Å². The van der Waals surface area contributed by atoms with Gasteiger partial charge in [-0.1, -0.05) is 78.9 Å². The average Bonchev–Trinajstić information content (AvgIpc) is 2.62. The molecule has 2 unspecified atom stereocenters. The molecule has 3 aromatic carbocycles. The first kappa shape index (κ1) is 14.3. The third-order valence-electron chi connectivity index (χ3n) is 4.56. The summed E-state index contributed by atoms with van der Waals surface area (Å²) in [6.07, 6.45) is 0.943. The van der Waals surface area contributed by atoms with Gasteiger partial charge in [0.15, 0.2) is 0 Å². The Labute approximate surface area is 140 Å². The highest BCUT2D eigenvalue weighted by molar-refractivity contribution is 6.16. The van der Waals surface area contributed by atoms with Gasteiger partial charge in [-0.2, -0.15) is 0 Å². The fraction of sp³-hybridized carbons (Fsp3) is 0.143. The lowest BCUT2D eigenvalue weighted by atomic mass is 9.81. The number of fused-ring (bicyclic) bond motifs is 1. The highest BCUT2D eigenvalue weighted by Gasteiger charge is 2.42. The molecule has 23 heavy (non-hydrogen) atoms. The molecule has 1 aliphatic heterocycles. The maximum Gasteiger partial charge on any atom is 0.123 e. The highest BCUT2D eigenvalue weighted by atomic mass is 28.1. The SMILES string of the molecule is [Si]C1(c2ccccc2)Oc2ccccc2CC1c1ccccc1. The van der Waals surface area contributed by atoms with E-state index in [-0.39, 0.29) is 5.92 Å². The van der Waals surface area contributed by atoms with Crippen molar-refractivity contribution < 1.29 is 4.74 Å². The molecule has 0 spiro atoms. The van der Waals surface area contributed by atoms with Crippen LogP contribution in [0.1, 0.15) is 22.6 Å². The van der Waals surface area contributed by atoms with Crippen molar-refractivity contribution in [3.8, 4) is 5.75 Å². The molecule has 0 fully saturated rings. The zero-order valence-corrected chi connectivity index (χ0v) is 13.8. The fourth-order valence-corrected chi connectivity index (χ4v) is 3.91. The second kappa shape index (κ2) is 5.71. The van der Waals surface area contributed by atoms with Gasteiger partial charge in [0.2, 0.25) is 0 Å². The molecule has 2 atom stereocenters. The molecule has 3 aromatic rings. The van der Waals surface area contributed by atoms with E-state index >= 15 is 0 Å². The van der Waals surface area contributed by atoms with Gasteiger partial charge in [-0.05, 0) is 29.2 Å². The van der Waals surface area contributed by atoms with Crippen molar-refractivity contribution in [3.05, 3.63) is 102 Å². The summed E-state index contributed by atoms with van der Waals surface area (Å²) in [6.45, 7) is 0. The Bertz CT molecular complexity index is 800. The first-order valence-electron chi connectivity index (χ1n) is 7.90.